The molecule has 2 aromatic heterocycles. The largest absolute Gasteiger partial charge is 0.355 e. The molecule has 0 bridgehead atoms. The van der Waals surface area contributed by atoms with Crippen LogP contribution in [0.1, 0.15) is 28.8 Å². The number of hydrogen-bond acceptors (Lipinski definition) is 5. The smallest absolute Gasteiger partial charge is 0.251 e. The number of amides is 1. The number of rotatable bonds is 4. The quantitative estimate of drug-likeness (QED) is 0.771. The molecule has 0 spiro atoms. The number of aromatic nitrogens is 4. The lowest BCUT2D eigenvalue weighted by Gasteiger charge is -2.33. The summed E-state index contributed by atoms with van der Waals surface area (Å²) in [5, 5.41) is 7.37. The third-order valence-corrected chi connectivity index (χ3v) is 4.89. The summed E-state index contributed by atoms with van der Waals surface area (Å²) in [6.07, 6.45) is 8.81. The zero-order chi connectivity index (χ0) is 18.6. The van der Waals surface area contributed by atoms with Crippen molar-refractivity contribution in [3.05, 3.63) is 66.2 Å². The molecular formula is C20H22N6O. The number of aryl methyl sites for hydroxylation is 1. The molecule has 0 atom stereocenters. The SMILES string of the molecule is Cc1ccccc1C(=O)NC1CCN(c2cncc(-n3cccn3)n2)CC1. The third kappa shape index (κ3) is 3.81. The first-order valence-corrected chi connectivity index (χ1v) is 9.14. The van der Waals surface area contributed by atoms with Gasteiger partial charge in [-0.3, -0.25) is 9.78 Å². The number of piperidine rings is 1. The Bertz CT molecular complexity index is 916. The monoisotopic (exact) mass is 362 g/mol. The van der Waals surface area contributed by atoms with Gasteiger partial charge in [0.2, 0.25) is 0 Å². The lowest BCUT2D eigenvalue weighted by molar-refractivity contribution is 0.0930. The maximum atomic E-state index is 12.5. The Hall–Kier alpha value is -3.22. The molecule has 7 nitrogen and oxygen atoms in total. The second-order valence-electron chi connectivity index (χ2n) is 6.74. The van der Waals surface area contributed by atoms with E-state index in [-0.39, 0.29) is 11.9 Å². The topological polar surface area (TPSA) is 75.9 Å². The Morgan fingerprint density at radius 2 is 1.89 bits per heavy atom. The molecule has 0 unspecified atom stereocenters. The molecule has 1 saturated heterocycles. The van der Waals surface area contributed by atoms with Crippen LogP contribution in [0.25, 0.3) is 5.82 Å². The first-order valence-electron chi connectivity index (χ1n) is 9.14. The standard InChI is InChI=1S/C20H22N6O/c1-15-5-2-3-6-17(15)20(27)23-16-7-11-25(12-8-16)18-13-21-14-19(24-18)26-10-4-9-22-26/h2-6,9-10,13-14,16H,7-8,11-12H2,1H3,(H,23,27). The summed E-state index contributed by atoms with van der Waals surface area (Å²) in [4.78, 5) is 23.7. The summed E-state index contributed by atoms with van der Waals surface area (Å²) in [7, 11) is 0. The van der Waals surface area contributed by atoms with Crippen LogP contribution in [0.3, 0.4) is 0 Å². The van der Waals surface area contributed by atoms with Gasteiger partial charge in [-0.1, -0.05) is 18.2 Å². The van der Waals surface area contributed by atoms with Crippen molar-refractivity contribution in [1.29, 1.82) is 0 Å². The summed E-state index contributed by atoms with van der Waals surface area (Å²) in [6, 6.07) is 9.71. The van der Waals surface area contributed by atoms with Gasteiger partial charge >= 0.3 is 0 Å². The van der Waals surface area contributed by atoms with E-state index >= 15 is 0 Å². The van der Waals surface area contributed by atoms with Gasteiger partial charge in [-0.2, -0.15) is 5.10 Å². The summed E-state index contributed by atoms with van der Waals surface area (Å²) in [6.45, 7) is 3.62. The molecule has 27 heavy (non-hydrogen) atoms. The van der Waals surface area contributed by atoms with Crippen molar-refractivity contribution < 1.29 is 4.79 Å². The Balaban J connectivity index is 1.37. The van der Waals surface area contributed by atoms with Crippen LogP contribution in [0.5, 0.6) is 0 Å². The minimum Gasteiger partial charge on any atom is -0.355 e. The minimum atomic E-state index is 0.00650. The third-order valence-electron chi connectivity index (χ3n) is 4.89. The summed E-state index contributed by atoms with van der Waals surface area (Å²) >= 11 is 0. The van der Waals surface area contributed by atoms with E-state index in [9.17, 15) is 4.79 Å². The van der Waals surface area contributed by atoms with Crippen molar-refractivity contribution in [2.45, 2.75) is 25.8 Å². The van der Waals surface area contributed by atoms with Gasteiger partial charge in [-0.15, -0.1) is 0 Å². The van der Waals surface area contributed by atoms with Crippen LogP contribution < -0.4 is 10.2 Å². The van der Waals surface area contributed by atoms with Crippen molar-refractivity contribution in [2.75, 3.05) is 18.0 Å². The molecule has 0 radical (unpaired) electrons. The summed E-state index contributed by atoms with van der Waals surface area (Å²) < 4.78 is 1.70. The highest BCUT2D eigenvalue weighted by atomic mass is 16.1. The van der Waals surface area contributed by atoms with Crippen molar-refractivity contribution in [3.63, 3.8) is 0 Å². The fraction of sp³-hybridized carbons (Fsp3) is 0.300. The first kappa shape index (κ1) is 17.2. The van der Waals surface area contributed by atoms with Gasteiger partial charge in [0.25, 0.3) is 5.91 Å². The van der Waals surface area contributed by atoms with Gasteiger partial charge in [-0.25, -0.2) is 9.67 Å². The van der Waals surface area contributed by atoms with Crippen LogP contribution in [0.2, 0.25) is 0 Å². The molecule has 0 aliphatic carbocycles. The lowest BCUT2D eigenvalue weighted by Crippen LogP contribution is -2.45. The number of carbonyl (C=O) groups is 1. The van der Waals surface area contributed by atoms with Gasteiger partial charge in [-0.05, 0) is 37.5 Å². The molecule has 1 N–H and O–H groups in total. The van der Waals surface area contributed by atoms with E-state index in [1.165, 1.54) is 0 Å². The Labute approximate surface area is 158 Å². The van der Waals surface area contributed by atoms with Crippen molar-refractivity contribution in [2.24, 2.45) is 0 Å². The molecule has 4 rings (SSSR count). The fourth-order valence-corrected chi connectivity index (χ4v) is 3.36. The Morgan fingerprint density at radius 1 is 1.11 bits per heavy atom. The van der Waals surface area contributed by atoms with E-state index < -0.39 is 0 Å². The highest BCUT2D eigenvalue weighted by Crippen LogP contribution is 2.19. The number of hydrogen-bond donors (Lipinski definition) is 1. The molecular weight excluding hydrogens is 340 g/mol. The van der Waals surface area contributed by atoms with Gasteiger partial charge in [0, 0.05) is 37.1 Å². The second-order valence-corrected chi connectivity index (χ2v) is 6.74. The van der Waals surface area contributed by atoms with Gasteiger partial charge in [0.05, 0.1) is 12.4 Å². The van der Waals surface area contributed by atoms with E-state index in [4.69, 9.17) is 0 Å². The van der Waals surface area contributed by atoms with E-state index in [1.807, 2.05) is 43.5 Å². The molecule has 1 amide bonds. The van der Waals surface area contributed by atoms with E-state index in [2.05, 4.69) is 25.3 Å². The van der Waals surface area contributed by atoms with E-state index in [1.54, 1.807) is 23.3 Å². The van der Waals surface area contributed by atoms with Crippen LogP contribution in [-0.2, 0) is 0 Å². The maximum absolute atomic E-state index is 12.5. The van der Waals surface area contributed by atoms with Crippen molar-refractivity contribution in [3.8, 4) is 5.82 Å². The molecule has 1 aliphatic heterocycles. The molecule has 1 aromatic carbocycles. The minimum absolute atomic E-state index is 0.00650. The number of nitrogens with zero attached hydrogens (tertiary/aromatic N) is 5. The average molecular weight is 362 g/mol. The average Bonchev–Trinajstić information content (AvgIpc) is 3.24. The fourth-order valence-electron chi connectivity index (χ4n) is 3.36. The number of carbonyl (C=O) groups excluding carboxylic acids is 1. The van der Waals surface area contributed by atoms with E-state index in [0.717, 1.165) is 42.9 Å². The van der Waals surface area contributed by atoms with Crippen LogP contribution in [0.15, 0.2) is 55.1 Å². The predicted octanol–water partition coefficient (Wildman–Crippen LogP) is 2.37. The van der Waals surface area contributed by atoms with Gasteiger partial charge < -0.3 is 10.2 Å². The van der Waals surface area contributed by atoms with E-state index in [0.29, 0.717) is 5.82 Å². The normalized spacial score (nSPS) is 14.9. The highest BCUT2D eigenvalue weighted by molar-refractivity contribution is 5.95. The predicted molar refractivity (Wildman–Crippen MR) is 103 cm³/mol. The molecule has 1 fully saturated rings. The Morgan fingerprint density at radius 3 is 2.63 bits per heavy atom. The van der Waals surface area contributed by atoms with Gasteiger partial charge in [0.1, 0.15) is 5.82 Å². The zero-order valence-corrected chi connectivity index (χ0v) is 15.2. The van der Waals surface area contributed by atoms with Gasteiger partial charge in [0.15, 0.2) is 5.82 Å². The molecule has 0 saturated carbocycles. The molecule has 138 valence electrons. The van der Waals surface area contributed by atoms with Crippen LogP contribution in [0.4, 0.5) is 5.82 Å². The molecule has 3 heterocycles. The number of nitrogens with one attached hydrogen (secondary N) is 1. The number of anilines is 1. The summed E-state index contributed by atoms with van der Waals surface area (Å²) in [5.74, 6) is 1.55. The lowest BCUT2D eigenvalue weighted by atomic mass is 10.0. The van der Waals surface area contributed by atoms with Crippen LogP contribution in [-0.4, -0.2) is 44.8 Å². The number of benzene rings is 1. The second kappa shape index (κ2) is 7.57. The maximum Gasteiger partial charge on any atom is 0.251 e. The zero-order valence-electron chi connectivity index (χ0n) is 15.2. The highest BCUT2D eigenvalue weighted by Gasteiger charge is 2.23. The molecule has 3 aromatic rings. The Kier molecular flexibility index (Phi) is 4.82. The van der Waals surface area contributed by atoms with Crippen LogP contribution >= 0.6 is 0 Å². The molecule has 1 aliphatic rings. The van der Waals surface area contributed by atoms with Crippen molar-refractivity contribution in [1.82, 2.24) is 25.1 Å². The molecule has 7 heteroatoms. The van der Waals surface area contributed by atoms with Crippen LogP contribution in [0, 0.1) is 6.92 Å². The first-order chi connectivity index (χ1) is 13.2. The summed E-state index contributed by atoms with van der Waals surface area (Å²) in [5.41, 5.74) is 1.75. The van der Waals surface area contributed by atoms with Crippen molar-refractivity contribution >= 4 is 11.7 Å².